The molecule has 0 spiro atoms. The largest absolute Gasteiger partial charge is 0.465 e. The third kappa shape index (κ3) is 5.68. The molecule has 3 rings (SSSR count). The van der Waals surface area contributed by atoms with Gasteiger partial charge in [0.15, 0.2) is 12.4 Å². The lowest BCUT2D eigenvalue weighted by Crippen LogP contribution is -2.14. The first kappa shape index (κ1) is 22.0. The number of Topliss-reactive ketones (excluding diaryl/α,β-unsaturated/α-hetero) is 1. The Hall–Kier alpha value is -3.69. The van der Waals surface area contributed by atoms with E-state index >= 15 is 0 Å². The summed E-state index contributed by atoms with van der Waals surface area (Å²) in [5, 5.41) is 0. The number of esters is 2. The van der Waals surface area contributed by atoms with Crippen LogP contribution in [-0.4, -0.2) is 31.4 Å². The number of methoxy groups -OCH3 is 1. The quantitative estimate of drug-likeness (QED) is 0.304. The maximum atomic E-state index is 12.2. The van der Waals surface area contributed by atoms with E-state index in [9.17, 15) is 14.4 Å². The van der Waals surface area contributed by atoms with Gasteiger partial charge in [0.2, 0.25) is 0 Å². The van der Waals surface area contributed by atoms with Crippen LogP contribution in [0.15, 0.2) is 77.3 Å². The van der Waals surface area contributed by atoms with Gasteiger partial charge in [-0.3, -0.25) is 4.79 Å². The second kappa shape index (κ2) is 10.4. The van der Waals surface area contributed by atoms with Gasteiger partial charge in [-0.05, 0) is 52.3 Å². The molecule has 0 aliphatic carbocycles. The normalized spacial score (nSPS) is 9.87. The highest BCUT2D eigenvalue weighted by atomic mass is 79.9. The molecule has 0 heterocycles. The van der Waals surface area contributed by atoms with Crippen molar-refractivity contribution in [1.29, 1.82) is 0 Å². The van der Waals surface area contributed by atoms with Crippen LogP contribution >= 0.6 is 15.9 Å². The maximum absolute atomic E-state index is 12.2. The van der Waals surface area contributed by atoms with Crippen molar-refractivity contribution >= 4 is 33.7 Å². The van der Waals surface area contributed by atoms with Crippen LogP contribution in [0.5, 0.6) is 0 Å². The van der Waals surface area contributed by atoms with Crippen LogP contribution in [0.4, 0.5) is 0 Å². The summed E-state index contributed by atoms with van der Waals surface area (Å²) in [5.41, 5.74) is 2.50. The van der Waals surface area contributed by atoms with E-state index in [-0.39, 0.29) is 12.4 Å². The van der Waals surface area contributed by atoms with Crippen molar-refractivity contribution < 1.29 is 23.9 Å². The second-order valence-corrected chi connectivity index (χ2v) is 7.14. The van der Waals surface area contributed by atoms with Crippen molar-refractivity contribution in [3.05, 3.63) is 105 Å². The SMILES string of the molecule is COC(=O)c1cccc(C#Cc2ccc(C(=O)OCC(=O)c3ccccc3)cc2)c1Br. The third-order valence-electron chi connectivity index (χ3n) is 4.30. The molecule has 0 saturated carbocycles. The number of ether oxygens (including phenoxy) is 2. The molecule has 0 bridgehead atoms. The first-order valence-electron chi connectivity index (χ1n) is 9.24. The number of ketones is 1. The first-order valence-corrected chi connectivity index (χ1v) is 10.0. The summed E-state index contributed by atoms with van der Waals surface area (Å²) in [5.74, 6) is 4.67. The molecule has 0 atom stereocenters. The van der Waals surface area contributed by atoms with Gasteiger partial charge in [-0.15, -0.1) is 0 Å². The molecule has 0 unspecified atom stereocenters. The Labute approximate surface area is 188 Å². The van der Waals surface area contributed by atoms with Crippen LogP contribution in [-0.2, 0) is 9.47 Å². The maximum Gasteiger partial charge on any atom is 0.339 e. The van der Waals surface area contributed by atoms with Gasteiger partial charge in [-0.1, -0.05) is 48.2 Å². The lowest BCUT2D eigenvalue weighted by molar-refractivity contribution is 0.0474. The molecule has 0 aromatic heterocycles. The highest BCUT2D eigenvalue weighted by Crippen LogP contribution is 2.22. The molecule has 0 aliphatic rings. The molecule has 0 aliphatic heterocycles. The Bertz CT molecular complexity index is 1170. The Morgan fingerprint density at radius 3 is 2.19 bits per heavy atom. The topological polar surface area (TPSA) is 69.7 Å². The van der Waals surface area contributed by atoms with Crippen LogP contribution < -0.4 is 0 Å². The lowest BCUT2D eigenvalue weighted by atomic mass is 10.1. The van der Waals surface area contributed by atoms with Crippen molar-refractivity contribution in [2.45, 2.75) is 0 Å². The van der Waals surface area contributed by atoms with Gasteiger partial charge in [-0.2, -0.15) is 0 Å². The minimum Gasteiger partial charge on any atom is -0.465 e. The highest BCUT2D eigenvalue weighted by molar-refractivity contribution is 9.10. The fraction of sp³-hybridized carbons (Fsp3) is 0.0800. The molecule has 0 N–H and O–H groups in total. The molecule has 0 fully saturated rings. The lowest BCUT2D eigenvalue weighted by Gasteiger charge is -2.05. The summed E-state index contributed by atoms with van der Waals surface area (Å²) in [4.78, 5) is 36.0. The summed E-state index contributed by atoms with van der Waals surface area (Å²) in [6.45, 7) is -0.324. The van der Waals surface area contributed by atoms with Crippen LogP contribution in [0.2, 0.25) is 0 Å². The van der Waals surface area contributed by atoms with Gasteiger partial charge in [0.05, 0.1) is 18.2 Å². The van der Waals surface area contributed by atoms with Gasteiger partial charge in [0.1, 0.15) is 0 Å². The molecule has 0 amide bonds. The number of hydrogen-bond acceptors (Lipinski definition) is 5. The Balaban J connectivity index is 1.66. The number of benzene rings is 3. The van der Waals surface area contributed by atoms with Crippen molar-refractivity contribution in [1.82, 2.24) is 0 Å². The van der Waals surface area contributed by atoms with Gasteiger partial charge in [-0.25, -0.2) is 9.59 Å². The number of halogens is 1. The number of carbonyl (C=O) groups excluding carboxylic acids is 3. The first-order chi connectivity index (χ1) is 15.0. The highest BCUT2D eigenvalue weighted by Gasteiger charge is 2.13. The third-order valence-corrected chi connectivity index (χ3v) is 5.15. The van der Waals surface area contributed by atoms with E-state index in [1.807, 2.05) is 6.07 Å². The smallest absolute Gasteiger partial charge is 0.339 e. The predicted octanol–water partition coefficient (Wildman–Crippen LogP) is 4.68. The average Bonchev–Trinajstić information content (AvgIpc) is 2.82. The summed E-state index contributed by atoms with van der Waals surface area (Å²) in [7, 11) is 1.32. The van der Waals surface area contributed by atoms with E-state index in [4.69, 9.17) is 9.47 Å². The van der Waals surface area contributed by atoms with Crippen molar-refractivity contribution in [3.63, 3.8) is 0 Å². The second-order valence-electron chi connectivity index (χ2n) is 6.35. The molecular weight excluding hydrogens is 460 g/mol. The molecule has 5 nitrogen and oxygen atoms in total. The molecule has 154 valence electrons. The Morgan fingerprint density at radius 2 is 1.52 bits per heavy atom. The summed E-state index contributed by atoms with van der Waals surface area (Å²) in [6.07, 6.45) is 0. The number of carbonyl (C=O) groups is 3. The van der Waals surface area contributed by atoms with Crippen LogP contribution in [0, 0.1) is 11.8 Å². The van der Waals surface area contributed by atoms with Crippen LogP contribution in [0.1, 0.15) is 42.2 Å². The monoisotopic (exact) mass is 476 g/mol. The van der Waals surface area contributed by atoms with E-state index < -0.39 is 11.9 Å². The Morgan fingerprint density at radius 1 is 0.806 bits per heavy atom. The van der Waals surface area contributed by atoms with E-state index in [2.05, 4.69) is 27.8 Å². The number of hydrogen-bond donors (Lipinski definition) is 0. The summed E-state index contributed by atoms with van der Waals surface area (Å²) in [6, 6.07) is 20.3. The fourth-order valence-electron chi connectivity index (χ4n) is 2.65. The standard InChI is InChI=1S/C25H17BrO5/c1-30-25(29)21-9-5-8-19(23(21)26)13-10-17-11-14-20(15-12-17)24(28)31-16-22(27)18-6-3-2-4-7-18/h2-9,11-12,14-15H,16H2,1H3. The molecule has 3 aromatic rings. The zero-order valence-electron chi connectivity index (χ0n) is 16.6. The minimum absolute atomic E-state index is 0.267. The van der Waals surface area contributed by atoms with Gasteiger partial charge < -0.3 is 9.47 Å². The van der Waals surface area contributed by atoms with Crippen LogP contribution in [0.25, 0.3) is 0 Å². The molecular formula is C25H17BrO5. The molecule has 0 saturated heterocycles. The zero-order chi connectivity index (χ0) is 22.2. The van der Waals surface area contributed by atoms with E-state index in [1.165, 1.54) is 7.11 Å². The van der Waals surface area contributed by atoms with E-state index in [1.54, 1.807) is 66.7 Å². The van der Waals surface area contributed by atoms with Gasteiger partial charge in [0, 0.05) is 21.2 Å². The molecule has 0 radical (unpaired) electrons. The van der Waals surface area contributed by atoms with Gasteiger partial charge in [0.25, 0.3) is 0 Å². The average molecular weight is 477 g/mol. The summed E-state index contributed by atoms with van der Waals surface area (Å²) < 4.78 is 10.4. The number of rotatable bonds is 5. The summed E-state index contributed by atoms with van der Waals surface area (Å²) >= 11 is 3.38. The van der Waals surface area contributed by atoms with Gasteiger partial charge >= 0.3 is 11.9 Å². The zero-order valence-corrected chi connectivity index (χ0v) is 18.1. The molecule has 6 heteroatoms. The fourth-order valence-corrected chi connectivity index (χ4v) is 3.17. The van der Waals surface area contributed by atoms with E-state index in [0.29, 0.717) is 32.3 Å². The predicted molar refractivity (Wildman–Crippen MR) is 119 cm³/mol. The minimum atomic E-state index is -0.586. The van der Waals surface area contributed by atoms with Crippen molar-refractivity contribution in [3.8, 4) is 11.8 Å². The molecule has 31 heavy (non-hydrogen) atoms. The van der Waals surface area contributed by atoms with Crippen molar-refractivity contribution in [2.75, 3.05) is 13.7 Å². The Kier molecular flexibility index (Phi) is 7.36. The van der Waals surface area contributed by atoms with Crippen molar-refractivity contribution in [2.24, 2.45) is 0 Å². The van der Waals surface area contributed by atoms with E-state index in [0.717, 1.165) is 0 Å². The van der Waals surface area contributed by atoms with Crippen LogP contribution in [0.3, 0.4) is 0 Å². The molecule has 3 aromatic carbocycles.